The first-order valence-corrected chi connectivity index (χ1v) is 11.5. The van der Waals surface area contributed by atoms with Crippen LogP contribution < -0.4 is 10.2 Å². The van der Waals surface area contributed by atoms with Gasteiger partial charge < -0.3 is 9.64 Å². The fraction of sp³-hybridized carbons (Fsp3) is 0.381. The fourth-order valence-corrected chi connectivity index (χ4v) is 4.53. The van der Waals surface area contributed by atoms with Crippen molar-refractivity contribution in [3.8, 4) is 0 Å². The molecule has 2 aromatic carbocycles. The van der Waals surface area contributed by atoms with Gasteiger partial charge in [-0.15, -0.1) is 0 Å². The normalized spacial score (nSPS) is 12.3. The first-order valence-electron chi connectivity index (χ1n) is 9.47. The predicted molar refractivity (Wildman–Crippen MR) is 118 cm³/mol. The second-order valence-corrected chi connectivity index (χ2v) is 9.22. The van der Waals surface area contributed by atoms with Crippen molar-refractivity contribution in [1.29, 1.82) is 0 Å². The topological polar surface area (TPSA) is 75.7 Å². The van der Waals surface area contributed by atoms with Gasteiger partial charge in [0.05, 0.1) is 10.6 Å². The summed E-state index contributed by atoms with van der Waals surface area (Å²) in [4.78, 5) is 14.6. The van der Waals surface area contributed by atoms with E-state index in [0.29, 0.717) is 10.7 Å². The molecule has 0 saturated heterocycles. The second-order valence-electron chi connectivity index (χ2n) is 6.75. The molecule has 1 N–H and O–H groups in total. The Morgan fingerprint density at radius 1 is 1.14 bits per heavy atom. The molecule has 0 aliphatic rings. The maximum absolute atomic E-state index is 12.4. The average molecular weight is 439 g/mol. The van der Waals surface area contributed by atoms with E-state index in [9.17, 15) is 13.2 Å². The van der Waals surface area contributed by atoms with Crippen LogP contribution in [-0.2, 0) is 14.6 Å². The molecular weight excluding hydrogens is 412 g/mol. The van der Waals surface area contributed by atoms with Crippen molar-refractivity contribution < 1.29 is 17.9 Å². The van der Waals surface area contributed by atoms with Crippen molar-refractivity contribution in [3.63, 3.8) is 0 Å². The molecule has 0 heterocycles. The van der Waals surface area contributed by atoms with Gasteiger partial charge in [0.1, 0.15) is 6.10 Å². The van der Waals surface area contributed by atoms with Crippen LogP contribution in [0.15, 0.2) is 47.4 Å². The maximum atomic E-state index is 12.4. The summed E-state index contributed by atoms with van der Waals surface area (Å²) >= 11 is 5.79. The van der Waals surface area contributed by atoms with Crippen molar-refractivity contribution in [2.75, 3.05) is 29.1 Å². The van der Waals surface area contributed by atoms with Gasteiger partial charge in [-0.2, -0.15) is 0 Å². The average Bonchev–Trinajstić information content (AvgIpc) is 2.64. The number of hydrogen-bond acceptors (Lipinski definition) is 5. The van der Waals surface area contributed by atoms with Crippen LogP contribution in [0.5, 0.6) is 0 Å². The number of carbonyl (C=O) groups excluding carboxylic acids is 1. The van der Waals surface area contributed by atoms with E-state index in [1.165, 1.54) is 24.3 Å². The summed E-state index contributed by atoms with van der Waals surface area (Å²) in [6.45, 7) is 9.40. The van der Waals surface area contributed by atoms with Crippen LogP contribution in [0.4, 0.5) is 16.2 Å². The summed E-state index contributed by atoms with van der Waals surface area (Å²) < 4.78 is 30.1. The SMILES string of the molecule is CCN(CC)c1ccc(NC(=O)OC(C)CS(=O)(=O)c2ccc(Cl)cc2)c(C)c1. The first kappa shape index (κ1) is 23.0. The minimum Gasteiger partial charge on any atom is -0.445 e. The van der Waals surface area contributed by atoms with E-state index in [4.69, 9.17) is 16.3 Å². The summed E-state index contributed by atoms with van der Waals surface area (Å²) in [7, 11) is -3.59. The van der Waals surface area contributed by atoms with Crippen LogP contribution in [0.3, 0.4) is 0 Å². The van der Waals surface area contributed by atoms with E-state index in [1.807, 2.05) is 25.1 Å². The van der Waals surface area contributed by atoms with Gasteiger partial charge in [0.2, 0.25) is 0 Å². The van der Waals surface area contributed by atoms with Gasteiger partial charge in [0.15, 0.2) is 9.84 Å². The minimum atomic E-state index is -3.59. The molecule has 0 spiro atoms. The highest BCUT2D eigenvalue weighted by molar-refractivity contribution is 7.91. The molecule has 0 bridgehead atoms. The number of carbonyl (C=O) groups is 1. The third-order valence-electron chi connectivity index (χ3n) is 4.51. The first-order chi connectivity index (χ1) is 13.7. The Labute approximate surface area is 177 Å². The van der Waals surface area contributed by atoms with Crippen LogP contribution in [0.2, 0.25) is 5.02 Å². The Hall–Kier alpha value is -2.25. The van der Waals surface area contributed by atoms with Crippen molar-refractivity contribution in [2.24, 2.45) is 0 Å². The Bertz CT molecular complexity index is 942. The van der Waals surface area contributed by atoms with Gasteiger partial charge in [-0.3, -0.25) is 5.32 Å². The number of halogens is 1. The highest BCUT2D eigenvalue weighted by Gasteiger charge is 2.21. The highest BCUT2D eigenvalue weighted by atomic mass is 35.5. The van der Waals surface area contributed by atoms with E-state index in [-0.39, 0.29) is 10.6 Å². The van der Waals surface area contributed by atoms with Crippen LogP contribution in [0.1, 0.15) is 26.3 Å². The summed E-state index contributed by atoms with van der Waals surface area (Å²) in [5.41, 5.74) is 2.60. The van der Waals surface area contributed by atoms with Crippen molar-refractivity contribution in [2.45, 2.75) is 38.7 Å². The number of aryl methyl sites for hydroxylation is 1. The number of anilines is 2. The quantitative estimate of drug-likeness (QED) is 0.634. The Balaban J connectivity index is 1.99. The van der Waals surface area contributed by atoms with E-state index >= 15 is 0 Å². The van der Waals surface area contributed by atoms with Gasteiger partial charge in [0, 0.05) is 29.5 Å². The number of sulfone groups is 1. The largest absolute Gasteiger partial charge is 0.445 e. The maximum Gasteiger partial charge on any atom is 0.411 e. The molecule has 1 amide bonds. The van der Waals surface area contributed by atoms with Gasteiger partial charge in [-0.25, -0.2) is 13.2 Å². The number of nitrogens with one attached hydrogen (secondary N) is 1. The van der Waals surface area contributed by atoms with Gasteiger partial charge in [-0.05, 0) is 75.7 Å². The smallest absolute Gasteiger partial charge is 0.411 e. The lowest BCUT2D eigenvalue weighted by atomic mass is 10.1. The molecule has 2 aromatic rings. The number of rotatable bonds is 8. The molecule has 158 valence electrons. The number of ether oxygens (including phenoxy) is 1. The van der Waals surface area contributed by atoms with E-state index in [1.54, 1.807) is 6.92 Å². The van der Waals surface area contributed by atoms with Gasteiger partial charge in [0.25, 0.3) is 0 Å². The number of nitrogens with zero attached hydrogens (tertiary/aromatic N) is 1. The zero-order valence-corrected chi connectivity index (χ0v) is 18.7. The second kappa shape index (κ2) is 9.98. The lowest BCUT2D eigenvalue weighted by molar-refractivity contribution is 0.131. The van der Waals surface area contributed by atoms with E-state index < -0.39 is 22.0 Å². The van der Waals surface area contributed by atoms with Crippen LogP contribution in [0, 0.1) is 6.92 Å². The molecule has 0 aliphatic carbocycles. The van der Waals surface area contributed by atoms with Crippen LogP contribution >= 0.6 is 11.6 Å². The molecule has 0 radical (unpaired) electrons. The van der Waals surface area contributed by atoms with E-state index in [2.05, 4.69) is 24.1 Å². The van der Waals surface area contributed by atoms with Crippen LogP contribution in [-0.4, -0.2) is 39.5 Å². The predicted octanol–water partition coefficient (Wildman–Crippen LogP) is 4.91. The molecule has 0 fully saturated rings. The van der Waals surface area contributed by atoms with Crippen molar-refractivity contribution in [3.05, 3.63) is 53.1 Å². The van der Waals surface area contributed by atoms with Gasteiger partial charge >= 0.3 is 6.09 Å². The lowest BCUT2D eigenvalue weighted by Crippen LogP contribution is -2.27. The fourth-order valence-electron chi connectivity index (χ4n) is 2.98. The summed E-state index contributed by atoms with van der Waals surface area (Å²) in [5, 5.41) is 3.14. The van der Waals surface area contributed by atoms with Crippen molar-refractivity contribution >= 4 is 38.9 Å². The zero-order chi connectivity index (χ0) is 21.6. The summed E-state index contributed by atoms with van der Waals surface area (Å²) in [6.07, 6.45) is -1.51. The number of amides is 1. The molecule has 8 heteroatoms. The van der Waals surface area contributed by atoms with Crippen molar-refractivity contribution in [1.82, 2.24) is 0 Å². The molecule has 1 atom stereocenters. The molecular formula is C21H27ClN2O4S. The molecule has 2 rings (SSSR count). The standard InChI is InChI=1S/C21H27ClN2O4S/c1-5-24(6-2)18-9-12-20(15(3)13-18)23-21(25)28-16(4)14-29(26,27)19-10-7-17(22)8-11-19/h7-13,16H,5-6,14H2,1-4H3,(H,23,25). The third kappa shape index (κ3) is 6.37. The molecule has 29 heavy (non-hydrogen) atoms. The Morgan fingerprint density at radius 3 is 2.31 bits per heavy atom. The molecule has 0 aromatic heterocycles. The number of hydrogen-bond donors (Lipinski definition) is 1. The number of benzene rings is 2. The summed E-state index contributed by atoms with van der Waals surface area (Å²) in [6, 6.07) is 11.6. The highest BCUT2D eigenvalue weighted by Crippen LogP contribution is 2.23. The Kier molecular flexibility index (Phi) is 7.93. The van der Waals surface area contributed by atoms with E-state index in [0.717, 1.165) is 24.3 Å². The monoisotopic (exact) mass is 438 g/mol. The molecule has 1 unspecified atom stereocenters. The zero-order valence-electron chi connectivity index (χ0n) is 17.1. The molecule has 6 nitrogen and oxygen atoms in total. The molecule has 0 aliphatic heterocycles. The minimum absolute atomic E-state index is 0.139. The summed E-state index contributed by atoms with van der Waals surface area (Å²) in [5.74, 6) is -0.318. The lowest BCUT2D eigenvalue weighted by Gasteiger charge is -2.22. The van der Waals surface area contributed by atoms with Gasteiger partial charge in [-0.1, -0.05) is 11.6 Å². The Morgan fingerprint density at radius 2 is 1.76 bits per heavy atom. The third-order valence-corrected chi connectivity index (χ3v) is 6.66. The van der Waals surface area contributed by atoms with Crippen LogP contribution in [0.25, 0.3) is 0 Å². The molecule has 0 saturated carbocycles.